The molecule has 1 fully saturated rings. The summed E-state index contributed by atoms with van der Waals surface area (Å²) in [5, 5.41) is 1.43. The number of rotatable bonds is 8. The highest BCUT2D eigenvalue weighted by Crippen LogP contribution is 2.26. The number of fused-ring (bicyclic) bond motifs is 1. The van der Waals surface area contributed by atoms with E-state index in [4.69, 9.17) is 9.72 Å². The second-order valence-electron chi connectivity index (χ2n) is 7.50. The van der Waals surface area contributed by atoms with E-state index in [2.05, 4.69) is 6.92 Å². The van der Waals surface area contributed by atoms with Gasteiger partial charge in [0.15, 0.2) is 5.16 Å². The van der Waals surface area contributed by atoms with E-state index < -0.39 is 0 Å². The molecule has 1 aliphatic heterocycles. The average Bonchev–Trinajstić information content (AvgIpc) is 3.23. The first kappa shape index (κ1) is 22.0. The molecular weight excluding hydrogens is 430 g/mol. The number of benzene rings is 1. The molecule has 6 nitrogen and oxygen atoms in total. The number of thioether (sulfide) groups is 1. The molecule has 0 bridgehead atoms. The van der Waals surface area contributed by atoms with E-state index in [1.54, 1.807) is 27.7 Å². The molecule has 1 saturated heterocycles. The zero-order chi connectivity index (χ0) is 21.6. The standard InChI is InChI=1S/C23H27N3O3S2/c1-2-18-15-19-21(31-18)24-23(26(22(19)28)16-17-7-4-3-5-8-17)30-14-6-9-20(27)25-10-12-29-13-11-25/h3-5,7-8,15H,2,6,9-14,16H2,1H3. The maximum Gasteiger partial charge on any atom is 0.263 e. The van der Waals surface area contributed by atoms with Crippen LogP contribution in [0.3, 0.4) is 0 Å². The van der Waals surface area contributed by atoms with Gasteiger partial charge in [0.05, 0.1) is 25.1 Å². The Balaban J connectivity index is 1.50. The summed E-state index contributed by atoms with van der Waals surface area (Å²) in [6.45, 7) is 5.19. The molecule has 31 heavy (non-hydrogen) atoms. The maximum absolute atomic E-state index is 13.3. The summed E-state index contributed by atoms with van der Waals surface area (Å²) in [6.07, 6.45) is 2.16. The Morgan fingerprint density at radius 2 is 2.00 bits per heavy atom. The topological polar surface area (TPSA) is 64.4 Å². The molecule has 0 N–H and O–H groups in total. The fourth-order valence-electron chi connectivity index (χ4n) is 3.59. The van der Waals surface area contributed by atoms with Gasteiger partial charge < -0.3 is 9.64 Å². The number of carbonyl (C=O) groups excluding carboxylic acids is 1. The van der Waals surface area contributed by atoms with Gasteiger partial charge in [-0.15, -0.1) is 11.3 Å². The van der Waals surface area contributed by atoms with E-state index >= 15 is 0 Å². The molecule has 1 aliphatic rings. The SMILES string of the molecule is CCc1cc2c(=O)n(Cc3ccccc3)c(SCCCC(=O)N3CCOCC3)nc2s1. The van der Waals surface area contributed by atoms with Gasteiger partial charge in [0.1, 0.15) is 4.83 Å². The lowest BCUT2D eigenvalue weighted by molar-refractivity contribution is -0.135. The highest BCUT2D eigenvalue weighted by molar-refractivity contribution is 7.99. The first-order valence-corrected chi connectivity index (χ1v) is 12.5. The Morgan fingerprint density at radius 3 is 2.74 bits per heavy atom. The van der Waals surface area contributed by atoms with Gasteiger partial charge in [-0.2, -0.15) is 0 Å². The largest absolute Gasteiger partial charge is 0.378 e. The Bertz CT molecular complexity index is 1090. The van der Waals surface area contributed by atoms with Gasteiger partial charge in [-0.05, 0) is 24.5 Å². The first-order valence-electron chi connectivity index (χ1n) is 10.7. The van der Waals surface area contributed by atoms with Crippen LogP contribution in [0.1, 0.15) is 30.2 Å². The van der Waals surface area contributed by atoms with Gasteiger partial charge in [-0.1, -0.05) is 49.0 Å². The minimum Gasteiger partial charge on any atom is -0.378 e. The third kappa shape index (κ3) is 5.37. The van der Waals surface area contributed by atoms with Crippen LogP contribution in [0.15, 0.2) is 46.3 Å². The minimum atomic E-state index is 0.0108. The molecule has 2 aromatic heterocycles. The van der Waals surface area contributed by atoms with Crippen molar-refractivity contribution in [2.24, 2.45) is 0 Å². The quantitative estimate of drug-likeness (QED) is 0.292. The first-order chi connectivity index (χ1) is 15.2. The summed E-state index contributed by atoms with van der Waals surface area (Å²) in [4.78, 5) is 34.3. The van der Waals surface area contributed by atoms with Gasteiger partial charge in [0.2, 0.25) is 5.91 Å². The summed E-state index contributed by atoms with van der Waals surface area (Å²) in [6, 6.07) is 12.0. The lowest BCUT2D eigenvalue weighted by Crippen LogP contribution is -2.40. The van der Waals surface area contributed by atoms with Crippen LogP contribution < -0.4 is 5.56 Å². The zero-order valence-electron chi connectivity index (χ0n) is 17.7. The number of amides is 1. The van der Waals surface area contributed by atoms with Crippen LogP contribution >= 0.6 is 23.1 Å². The number of ether oxygens (including phenoxy) is 1. The van der Waals surface area contributed by atoms with Crippen molar-refractivity contribution in [2.45, 2.75) is 37.9 Å². The predicted molar refractivity (Wildman–Crippen MR) is 126 cm³/mol. The van der Waals surface area contributed by atoms with Gasteiger partial charge in [-0.3, -0.25) is 14.2 Å². The molecule has 1 aromatic carbocycles. The molecule has 1 amide bonds. The van der Waals surface area contributed by atoms with E-state index in [1.165, 1.54) is 4.88 Å². The second-order valence-corrected chi connectivity index (χ2v) is 9.68. The number of hydrogen-bond acceptors (Lipinski definition) is 6. The molecule has 4 rings (SSSR count). The predicted octanol–water partition coefficient (Wildman–Crippen LogP) is 3.80. The van der Waals surface area contributed by atoms with E-state index in [0.717, 1.165) is 34.1 Å². The van der Waals surface area contributed by atoms with Crippen molar-refractivity contribution in [1.29, 1.82) is 0 Å². The van der Waals surface area contributed by atoms with E-state index in [0.29, 0.717) is 44.7 Å². The molecule has 0 atom stereocenters. The molecule has 0 spiro atoms. The number of aromatic nitrogens is 2. The molecule has 164 valence electrons. The summed E-state index contributed by atoms with van der Waals surface area (Å²) >= 11 is 3.16. The summed E-state index contributed by atoms with van der Waals surface area (Å²) in [5.41, 5.74) is 1.08. The summed E-state index contributed by atoms with van der Waals surface area (Å²) in [5.74, 6) is 0.925. The van der Waals surface area contributed by atoms with E-state index in [9.17, 15) is 9.59 Å². The van der Waals surface area contributed by atoms with Gasteiger partial charge in [0.25, 0.3) is 5.56 Å². The van der Waals surface area contributed by atoms with Crippen LogP contribution in [0, 0.1) is 0 Å². The van der Waals surface area contributed by atoms with Crippen molar-refractivity contribution in [3.63, 3.8) is 0 Å². The molecule has 0 saturated carbocycles. The smallest absolute Gasteiger partial charge is 0.263 e. The van der Waals surface area contributed by atoms with Gasteiger partial charge in [-0.25, -0.2) is 4.98 Å². The van der Waals surface area contributed by atoms with Crippen molar-refractivity contribution >= 4 is 39.2 Å². The molecule has 0 aliphatic carbocycles. The van der Waals surface area contributed by atoms with Crippen LogP contribution in [0.25, 0.3) is 10.2 Å². The van der Waals surface area contributed by atoms with Crippen molar-refractivity contribution in [3.05, 3.63) is 57.2 Å². The van der Waals surface area contributed by atoms with Crippen LogP contribution in [0.2, 0.25) is 0 Å². The number of carbonyl (C=O) groups is 1. The monoisotopic (exact) mass is 457 g/mol. The molecular formula is C23H27N3O3S2. The lowest BCUT2D eigenvalue weighted by atomic mass is 10.2. The van der Waals surface area contributed by atoms with Crippen LogP contribution in [0.5, 0.6) is 0 Å². The van der Waals surface area contributed by atoms with Crippen molar-refractivity contribution < 1.29 is 9.53 Å². The highest BCUT2D eigenvalue weighted by atomic mass is 32.2. The van der Waals surface area contributed by atoms with Crippen molar-refractivity contribution in [2.75, 3.05) is 32.1 Å². The Morgan fingerprint density at radius 1 is 1.23 bits per heavy atom. The van der Waals surface area contributed by atoms with Crippen LogP contribution in [-0.2, 0) is 22.5 Å². The number of hydrogen-bond donors (Lipinski definition) is 0. The lowest BCUT2D eigenvalue weighted by Gasteiger charge is -2.26. The fraction of sp³-hybridized carbons (Fsp3) is 0.435. The number of aryl methyl sites for hydroxylation is 1. The van der Waals surface area contributed by atoms with Crippen molar-refractivity contribution in [1.82, 2.24) is 14.5 Å². The number of nitrogens with zero attached hydrogens (tertiary/aromatic N) is 3. The number of thiophene rings is 1. The van der Waals surface area contributed by atoms with E-state index in [1.807, 2.05) is 41.3 Å². The van der Waals surface area contributed by atoms with Gasteiger partial charge in [0, 0.05) is 30.1 Å². The molecule has 3 aromatic rings. The fourth-order valence-corrected chi connectivity index (χ4v) is 5.54. The Labute approximate surface area is 190 Å². The summed E-state index contributed by atoms with van der Waals surface area (Å²) < 4.78 is 7.09. The number of morpholine rings is 1. The Kier molecular flexibility index (Phi) is 7.42. The average molecular weight is 458 g/mol. The third-order valence-electron chi connectivity index (χ3n) is 5.33. The Hall–Kier alpha value is -2.16. The maximum atomic E-state index is 13.3. The molecule has 0 radical (unpaired) electrons. The van der Waals surface area contributed by atoms with E-state index in [-0.39, 0.29) is 11.5 Å². The van der Waals surface area contributed by atoms with Gasteiger partial charge >= 0.3 is 0 Å². The highest BCUT2D eigenvalue weighted by Gasteiger charge is 2.17. The molecule has 3 heterocycles. The zero-order valence-corrected chi connectivity index (χ0v) is 19.3. The normalized spacial score (nSPS) is 14.3. The third-order valence-corrected chi connectivity index (χ3v) is 7.56. The van der Waals surface area contributed by atoms with Crippen LogP contribution in [0.4, 0.5) is 0 Å². The summed E-state index contributed by atoms with van der Waals surface area (Å²) in [7, 11) is 0. The molecule has 0 unspecified atom stereocenters. The van der Waals surface area contributed by atoms with Crippen molar-refractivity contribution in [3.8, 4) is 0 Å². The van der Waals surface area contributed by atoms with Crippen LogP contribution in [-0.4, -0.2) is 52.4 Å². The second kappa shape index (κ2) is 10.4. The minimum absolute atomic E-state index is 0.0108. The molecule has 8 heteroatoms.